The molecule has 182 valence electrons. The third-order valence-corrected chi connectivity index (χ3v) is 8.70. The van der Waals surface area contributed by atoms with Crippen molar-refractivity contribution >= 4 is 21.7 Å². The highest BCUT2D eigenvalue weighted by Gasteiger charge is 2.36. The molecule has 1 unspecified atom stereocenters. The van der Waals surface area contributed by atoms with E-state index in [4.69, 9.17) is 0 Å². The standard InChI is InChI=1S/C24H36N4O4S/c29-22(26-10-6-1-2-7-11-26)20-25-12-14-28(15-13-25)24(30)23(21-8-4-3-5-9-21)27-16-18-33(31,32)19-17-27/h3-5,8-9,23H,1-2,6-7,10-20H2. The molecule has 1 atom stereocenters. The molecule has 0 aliphatic carbocycles. The monoisotopic (exact) mass is 476 g/mol. The summed E-state index contributed by atoms with van der Waals surface area (Å²) >= 11 is 0. The Morgan fingerprint density at radius 2 is 1.36 bits per heavy atom. The first-order valence-corrected chi connectivity index (χ1v) is 14.0. The molecule has 3 heterocycles. The molecular formula is C24H36N4O4S. The minimum atomic E-state index is -3.02. The van der Waals surface area contributed by atoms with E-state index in [0.29, 0.717) is 45.8 Å². The molecule has 0 bridgehead atoms. The summed E-state index contributed by atoms with van der Waals surface area (Å²) in [5, 5.41) is 0. The molecule has 3 fully saturated rings. The summed E-state index contributed by atoms with van der Waals surface area (Å²) in [6.07, 6.45) is 4.59. The fraction of sp³-hybridized carbons (Fsp3) is 0.667. The molecule has 2 amide bonds. The molecule has 3 aliphatic rings. The highest BCUT2D eigenvalue weighted by atomic mass is 32.2. The van der Waals surface area contributed by atoms with Crippen LogP contribution in [0.2, 0.25) is 0 Å². The number of amides is 2. The zero-order valence-corrected chi connectivity index (χ0v) is 20.2. The third kappa shape index (κ3) is 6.33. The molecule has 0 spiro atoms. The van der Waals surface area contributed by atoms with Crippen molar-refractivity contribution in [3.63, 3.8) is 0 Å². The van der Waals surface area contributed by atoms with Gasteiger partial charge in [0.15, 0.2) is 9.84 Å². The molecule has 0 N–H and O–H groups in total. The van der Waals surface area contributed by atoms with Gasteiger partial charge in [0.1, 0.15) is 6.04 Å². The van der Waals surface area contributed by atoms with Crippen molar-refractivity contribution in [2.75, 3.05) is 70.4 Å². The minimum Gasteiger partial charge on any atom is -0.342 e. The lowest BCUT2D eigenvalue weighted by atomic mass is 10.0. The Labute approximate surface area is 197 Å². The average Bonchev–Trinajstić information content (AvgIpc) is 3.11. The summed E-state index contributed by atoms with van der Waals surface area (Å²) in [6.45, 7) is 5.43. The van der Waals surface area contributed by atoms with Crippen molar-refractivity contribution in [2.45, 2.75) is 31.7 Å². The van der Waals surface area contributed by atoms with E-state index < -0.39 is 15.9 Å². The predicted octanol–water partition coefficient (Wildman–Crippen LogP) is 1.00. The van der Waals surface area contributed by atoms with Gasteiger partial charge in [-0.3, -0.25) is 19.4 Å². The molecule has 3 saturated heterocycles. The zero-order valence-electron chi connectivity index (χ0n) is 19.4. The predicted molar refractivity (Wildman–Crippen MR) is 127 cm³/mol. The molecular weight excluding hydrogens is 440 g/mol. The lowest BCUT2D eigenvalue weighted by Gasteiger charge is -2.40. The van der Waals surface area contributed by atoms with E-state index in [1.165, 1.54) is 12.8 Å². The number of likely N-dealkylation sites (tertiary alicyclic amines) is 1. The second kappa shape index (κ2) is 11.0. The number of hydrogen-bond acceptors (Lipinski definition) is 6. The fourth-order valence-corrected chi connectivity index (χ4v) is 6.27. The van der Waals surface area contributed by atoms with Crippen molar-refractivity contribution in [1.29, 1.82) is 0 Å². The molecule has 0 aromatic heterocycles. The number of piperazine rings is 1. The van der Waals surface area contributed by atoms with Crippen LogP contribution < -0.4 is 0 Å². The van der Waals surface area contributed by atoms with Crippen molar-refractivity contribution in [1.82, 2.24) is 19.6 Å². The van der Waals surface area contributed by atoms with Crippen molar-refractivity contribution < 1.29 is 18.0 Å². The zero-order chi connectivity index (χ0) is 23.3. The SMILES string of the molecule is O=C(CN1CCN(C(=O)C(c2ccccc2)N2CCS(=O)(=O)CC2)CC1)N1CCCCCC1. The van der Waals surface area contributed by atoms with E-state index in [9.17, 15) is 18.0 Å². The first-order valence-electron chi connectivity index (χ1n) is 12.2. The van der Waals surface area contributed by atoms with E-state index in [-0.39, 0.29) is 23.3 Å². The van der Waals surface area contributed by atoms with Crippen molar-refractivity contribution in [3.05, 3.63) is 35.9 Å². The highest BCUT2D eigenvalue weighted by molar-refractivity contribution is 7.91. The maximum Gasteiger partial charge on any atom is 0.244 e. The molecule has 9 heteroatoms. The van der Waals surface area contributed by atoms with Crippen LogP contribution in [0.25, 0.3) is 0 Å². The number of benzene rings is 1. The summed E-state index contributed by atoms with van der Waals surface area (Å²) in [6, 6.07) is 9.19. The minimum absolute atomic E-state index is 0.0268. The highest BCUT2D eigenvalue weighted by Crippen LogP contribution is 2.26. The van der Waals surface area contributed by atoms with E-state index in [1.807, 2.05) is 45.0 Å². The van der Waals surface area contributed by atoms with E-state index in [2.05, 4.69) is 4.90 Å². The topological polar surface area (TPSA) is 81.2 Å². The largest absolute Gasteiger partial charge is 0.342 e. The molecule has 4 rings (SSSR count). The van der Waals surface area contributed by atoms with Crippen LogP contribution in [0.5, 0.6) is 0 Å². The van der Waals surface area contributed by atoms with E-state index in [1.54, 1.807) is 0 Å². The first kappa shape index (κ1) is 24.2. The summed E-state index contributed by atoms with van der Waals surface area (Å²) in [7, 11) is -3.02. The van der Waals surface area contributed by atoms with Crippen LogP contribution in [0.4, 0.5) is 0 Å². The van der Waals surface area contributed by atoms with Gasteiger partial charge in [0.05, 0.1) is 18.1 Å². The van der Waals surface area contributed by atoms with Gasteiger partial charge in [-0.2, -0.15) is 0 Å². The first-order chi connectivity index (χ1) is 15.9. The smallest absolute Gasteiger partial charge is 0.244 e. The maximum absolute atomic E-state index is 13.6. The number of carbonyl (C=O) groups excluding carboxylic acids is 2. The number of rotatable bonds is 5. The van der Waals surface area contributed by atoms with Crippen LogP contribution in [-0.4, -0.2) is 110 Å². The van der Waals surface area contributed by atoms with Gasteiger partial charge in [-0.15, -0.1) is 0 Å². The van der Waals surface area contributed by atoms with Gasteiger partial charge in [-0.25, -0.2) is 8.42 Å². The molecule has 1 aromatic rings. The van der Waals surface area contributed by atoms with Crippen molar-refractivity contribution in [2.24, 2.45) is 0 Å². The Hall–Kier alpha value is -1.97. The van der Waals surface area contributed by atoms with Gasteiger partial charge in [0, 0.05) is 52.4 Å². The molecule has 0 saturated carbocycles. The second-order valence-electron chi connectivity index (χ2n) is 9.40. The van der Waals surface area contributed by atoms with Crippen molar-refractivity contribution in [3.8, 4) is 0 Å². The van der Waals surface area contributed by atoms with E-state index >= 15 is 0 Å². The molecule has 1 aromatic carbocycles. The van der Waals surface area contributed by atoms with Gasteiger partial charge in [-0.05, 0) is 18.4 Å². The number of hydrogen-bond donors (Lipinski definition) is 0. The van der Waals surface area contributed by atoms with Crippen LogP contribution in [0, 0.1) is 0 Å². The van der Waals surface area contributed by atoms with Gasteiger partial charge in [-0.1, -0.05) is 43.2 Å². The van der Waals surface area contributed by atoms with E-state index in [0.717, 1.165) is 31.5 Å². The Morgan fingerprint density at radius 1 is 0.758 bits per heavy atom. The van der Waals surface area contributed by atoms with Crippen LogP contribution in [0.15, 0.2) is 30.3 Å². The van der Waals surface area contributed by atoms with Crippen LogP contribution in [-0.2, 0) is 19.4 Å². The molecule has 3 aliphatic heterocycles. The Kier molecular flexibility index (Phi) is 8.03. The Morgan fingerprint density at radius 3 is 1.97 bits per heavy atom. The average molecular weight is 477 g/mol. The molecule has 33 heavy (non-hydrogen) atoms. The molecule has 8 nitrogen and oxygen atoms in total. The summed E-state index contributed by atoms with van der Waals surface area (Å²) in [5.74, 6) is 0.416. The number of sulfone groups is 1. The fourth-order valence-electron chi connectivity index (χ4n) is 5.04. The summed E-state index contributed by atoms with van der Waals surface area (Å²) in [4.78, 5) is 34.4. The summed E-state index contributed by atoms with van der Waals surface area (Å²) < 4.78 is 23.9. The van der Waals surface area contributed by atoms with Gasteiger partial charge >= 0.3 is 0 Å². The lowest BCUT2D eigenvalue weighted by molar-refractivity contribution is -0.139. The normalized spacial score (nSPS) is 23.6. The Bertz CT molecular complexity index is 894. The lowest BCUT2D eigenvalue weighted by Crippen LogP contribution is -2.55. The third-order valence-electron chi connectivity index (χ3n) is 7.09. The number of nitrogens with zero attached hydrogens (tertiary/aromatic N) is 4. The second-order valence-corrected chi connectivity index (χ2v) is 11.7. The number of carbonyl (C=O) groups is 2. The van der Waals surface area contributed by atoms with Crippen LogP contribution in [0.3, 0.4) is 0 Å². The van der Waals surface area contributed by atoms with Gasteiger partial charge in [0.2, 0.25) is 11.8 Å². The van der Waals surface area contributed by atoms with Gasteiger partial charge in [0.25, 0.3) is 0 Å². The maximum atomic E-state index is 13.6. The Balaban J connectivity index is 1.36. The van der Waals surface area contributed by atoms with Crippen LogP contribution >= 0.6 is 0 Å². The quantitative estimate of drug-likeness (QED) is 0.631. The molecule has 0 radical (unpaired) electrons. The summed E-state index contributed by atoms with van der Waals surface area (Å²) in [5.41, 5.74) is 0.903. The van der Waals surface area contributed by atoms with Gasteiger partial charge < -0.3 is 9.80 Å². The van der Waals surface area contributed by atoms with Crippen LogP contribution in [0.1, 0.15) is 37.3 Å².